The number of rotatable bonds is 3. The Bertz CT molecular complexity index is 825. The summed E-state index contributed by atoms with van der Waals surface area (Å²) >= 11 is 0. The van der Waals surface area contributed by atoms with Gasteiger partial charge in [-0.15, -0.1) is 0 Å². The monoisotopic (exact) mass is 356 g/mol. The number of nitrogens with one attached hydrogen (secondary N) is 1. The van der Waals surface area contributed by atoms with Gasteiger partial charge in [0, 0.05) is 24.6 Å². The van der Waals surface area contributed by atoms with Crippen LogP contribution in [0.4, 0.5) is 18.0 Å². The van der Waals surface area contributed by atoms with Crippen LogP contribution in [-0.2, 0) is 6.42 Å². The van der Waals surface area contributed by atoms with E-state index in [1.165, 1.54) is 11.0 Å². The molecule has 0 bridgehead atoms. The number of carbonyl (C=O) groups is 1. The molecule has 3 rings (SSSR count). The van der Waals surface area contributed by atoms with E-state index >= 15 is 0 Å². The molecule has 9 heteroatoms. The first-order valence-corrected chi connectivity index (χ1v) is 7.66. The van der Waals surface area contributed by atoms with E-state index in [9.17, 15) is 27.9 Å². The summed E-state index contributed by atoms with van der Waals surface area (Å²) in [6.45, 7) is 0.186. The van der Waals surface area contributed by atoms with Crippen LogP contribution in [0.5, 0.6) is 0 Å². The molecule has 2 unspecified atom stereocenters. The standard InChI is InChI=1S/C16H15F3N2O4/c17-11-4-8(5-12(18)15(11)19)3-10-6-9(1-2-21(10)16(23)24)13-7-14(22)20-25-13/h4-5,7,9-10H,1-3,6H2,(H,20,22)(H,23,24). The Balaban J connectivity index is 1.84. The highest BCUT2D eigenvalue weighted by atomic mass is 19.2. The zero-order valence-electron chi connectivity index (χ0n) is 13.0. The minimum absolute atomic E-state index is 0.0194. The Morgan fingerprint density at radius 3 is 2.52 bits per heavy atom. The Morgan fingerprint density at radius 2 is 1.96 bits per heavy atom. The lowest BCUT2D eigenvalue weighted by molar-refractivity contribution is 0.0968. The summed E-state index contributed by atoms with van der Waals surface area (Å²) in [7, 11) is 0. The normalized spacial score (nSPS) is 20.7. The first-order valence-electron chi connectivity index (χ1n) is 7.66. The summed E-state index contributed by atoms with van der Waals surface area (Å²) in [6.07, 6.45) is -0.364. The third kappa shape index (κ3) is 3.54. The van der Waals surface area contributed by atoms with Crippen LogP contribution >= 0.6 is 0 Å². The van der Waals surface area contributed by atoms with Crippen molar-refractivity contribution in [3.63, 3.8) is 0 Å². The van der Waals surface area contributed by atoms with Crippen molar-refractivity contribution >= 4 is 6.09 Å². The lowest BCUT2D eigenvalue weighted by Gasteiger charge is -2.37. The fourth-order valence-corrected chi connectivity index (χ4v) is 3.25. The van der Waals surface area contributed by atoms with E-state index in [4.69, 9.17) is 4.52 Å². The van der Waals surface area contributed by atoms with Crippen LogP contribution in [-0.4, -0.2) is 33.8 Å². The summed E-state index contributed by atoms with van der Waals surface area (Å²) in [5.41, 5.74) is -0.237. The fraction of sp³-hybridized carbons (Fsp3) is 0.375. The molecule has 1 fully saturated rings. The number of halogens is 3. The van der Waals surface area contributed by atoms with Gasteiger partial charge in [0.2, 0.25) is 0 Å². The van der Waals surface area contributed by atoms with Gasteiger partial charge in [-0.25, -0.2) is 18.0 Å². The number of carboxylic acid groups (broad SMARTS) is 1. The Morgan fingerprint density at radius 1 is 1.28 bits per heavy atom. The highest BCUT2D eigenvalue weighted by Gasteiger charge is 2.34. The van der Waals surface area contributed by atoms with Gasteiger partial charge in [-0.3, -0.25) is 4.79 Å². The number of likely N-dealkylation sites (tertiary alicyclic amines) is 1. The molecule has 1 aliphatic rings. The van der Waals surface area contributed by atoms with E-state index in [-0.39, 0.29) is 24.4 Å². The van der Waals surface area contributed by atoms with E-state index in [0.29, 0.717) is 18.6 Å². The molecule has 0 radical (unpaired) electrons. The van der Waals surface area contributed by atoms with Crippen LogP contribution in [0.2, 0.25) is 0 Å². The number of piperidine rings is 1. The number of nitrogens with zero attached hydrogens (tertiary/aromatic N) is 1. The molecule has 1 saturated heterocycles. The molecule has 1 aromatic heterocycles. The van der Waals surface area contributed by atoms with Gasteiger partial charge >= 0.3 is 6.09 Å². The first-order chi connectivity index (χ1) is 11.8. The molecule has 2 aromatic rings. The Kier molecular flexibility index (Phi) is 4.56. The second-order valence-electron chi connectivity index (χ2n) is 6.04. The Hall–Kier alpha value is -2.71. The number of hydrogen-bond acceptors (Lipinski definition) is 3. The number of H-pyrrole nitrogens is 1. The van der Waals surface area contributed by atoms with Crippen molar-refractivity contribution in [1.29, 1.82) is 0 Å². The van der Waals surface area contributed by atoms with Crippen molar-refractivity contribution in [2.75, 3.05) is 6.54 Å². The second-order valence-corrected chi connectivity index (χ2v) is 6.04. The van der Waals surface area contributed by atoms with Crippen LogP contribution in [0, 0.1) is 17.5 Å². The maximum Gasteiger partial charge on any atom is 0.407 e. The van der Waals surface area contributed by atoms with E-state index in [2.05, 4.69) is 5.16 Å². The minimum atomic E-state index is -1.56. The minimum Gasteiger partial charge on any atom is -0.465 e. The number of hydrogen-bond donors (Lipinski definition) is 2. The molecule has 25 heavy (non-hydrogen) atoms. The van der Waals surface area contributed by atoms with E-state index < -0.39 is 35.1 Å². The lowest BCUT2D eigenvalue weighted by atomic mass is 9.86. The zero-order chi connectivity index (χ0) is 18.1. The molecule has 2 N–H and O–H groups in total. The molecule has 1 aliphatic heterocycles. The second kappa shape index (κ2) is 6.66. The van der Waals surface area contributed by atoms with Crippen molar-refractivity contribution in [3.8, 4) is 0 Å². The van der Waals surface area contributed by atoms with Gasteiger partial charge in [0.25, 0.3) is 5.56 Å². The number of amides is 1. The Labute approximate surface area is 139 Å². The van der Waals surface area contributed by atoms with Gasteiger partial charge in [-0.05, 0) is 37.0 Å². The lowest BCUT2D eigenvalue weighted by Crippen LogP contribution is -2.46. The quantitative estimate of drug-likeness (QED) is 0.828. The maximum atomic E-state index is 13.4. The molecule has 2 atom stereocenters. The molecule has 1 amide bonds. The smallest absolute Gasteiger partial charge is 0.407 e. The van der Waals surface area contributed by atoms with Crippen LogP contribution in [0.3, 0.4) is 0 Å². The third-order valence-electron chi connectivity index (χ3n) is 4.42. The zero-order valence-corrected chi connectivity index (χ0v) is 13.0. The van der Waals surface area contributed by atoms with E-state index in [0.717, 1.165) is 12.1 Å². The van der Waals surface area contributed by atoms with Crippen molar-refractivity contribution in [1.82, 2.24) is 10.1 Å². The molecular weight excluding hydrogens is 341 g/mol. The van der Waals surface area contributed by atoms with Crippen LogP contribution in [0.25, 0.3) is 0 Å². The maximum absolute atomic E-state index is 13.4. The topological polar surface area (TPSA) is 86.5 Å². The average Bonchev–Trinajstić information content (AvgIpc) is 2.98. The summed E-state index contributed by atoms with van der Waals surface area (Å²) < 4.78 is 45.0. The van der Waals surface area contributed by atoms with Crippen LogP contribution in [0.1, 0.15) is 30.1 Å². The molecular formula is C16H15F3N2O4. The SMILES string of the molecule is O=C(O)N1CCC(c2cc(=O)[nH]o2)CC1Cc1cc(F)c(F)c(F)c1. The van der Waals surface area contributed by atoms with E-state index in [1.54, 1.807) is 0 Å². The molecule has 0 aliphatic carbocycles. The van der Waals surface area contributed by atoms with Gasteiger partial charge in [0.1, 0.15) is 5.76 Å². The van der Waals surface area contributed by atoms with Gasteiger partial charge in [-0.2, -0.15) is 5.16 Å². The van der Waals surface area contributed by atoms with Crippen LogP contribution < -0.4 is 5.56 Å². The fourth-order valence-electron chi connectivity index (χ4n) is 3.25. The third-order valence-corrected chi connectivity index (χ3v) is 4.42. The predicted molar refractivity (Wildman–Crippen MR) is 79.8 cm³/mol. The first kappa shape index (κ1) is 17.1. The summed E-state index contributed by atoms with van der Waals surface area (Å²) in [4.78, 5) is 23.8. The van der Waals surface area contributed by atoms with Crippen molar-refractivity contribution < 1.29 is 27.6 Å². The summed E-state index contributed by atoms with van der Waals surface area (Å²) in [5.74, 6) is -3.98. The van der Waals surface area contributed by atoms with Gasteiger partial charge in [0.15, 0.2) is 17.5 Å². The molecule has 6 nitrogen and oxygen atoms in total. The highest BCUT2D eigenvalue weighted by Crippen LogP contribution is 2.32. The largest absolute Gasteiger partial charge is 0.465 e. The van der Waals surface area contributed by atoms with Gasteiger partial charge in [0.05, 0.1) is 0 Å². The summed E-state index contributed by atoms with van der Waals surface area (Å²) in [6, 6.07) is 2.44. The van der Waals surface area contributed by atoms with Crippen LogP contribution in [0.15, 0.2) is 27.5 Å². The van der Waals surface area contributed by atoms with Crippen molar-refractivity contribution in [2.24, 2.45) is 0 Å². The highest BCUT2D eigenvalue weighted by molar-refractivity contribution is 5.65. The van der Waals surface area contributed by atoms with Crippen molar-refractivity contribution in [2.45, 2.75) is 31.2 Å². The molecule has 0 saturated carbocycles. The van der Waals surface area contributed by atoms with Gasteiger partial charge in [-0.1, -0.05) is 0 Å². The number of aromatic amines is 1. The molecule has 0 spiro atoms. The molecule has 134 valence electrons. The van der Waals surface area contributed by atoms with E-state index in [1.807, 2.05) is 0 Å². The van der Waals surface area contributed by atoms with Crippen molar-refractivity contribution in [3.05, 3.63) is 57.3 Å². The predicted octanol–water partition coefficient (Wildman–Crippen LogP) is 2.85. The average molecular weight is 356 g/mol. The molecule has 1 aromatic carbocycles. The number of aromatic nitrogens is 1. The number of benzene rings is 1. The summed E-state index contributed by atoms with van der Waals surface area (Å²) in [5, 5.41) is 11.5. The van der Waals surface area contributed by atoms with Gasteiger partial charge < -0.3 is 14.5 Å². The molecule has 2 heterocycles.